The molecule has 34 heavy (non-hydrogen) atoms. The second-order valence-electron chi connectivity index (χ2n) is 10.6. The van der Waals surface area contributed by atoms with Crippen molar-refractivity contribution in [1.29, 1.82) is 0 Å². The minimum absolute atomic E-state index is 1.08. The molecule has 0 amide bonds. The molecule has 0 atom stereocenters. The summed E-state index contributed by atoms with van der Waals surface area (Å²) in [6, 6.07) is 9.51. The van der Waals surface area contributed by atoms with E-state index >= 15 is 0 Å². The van der Waals surface area contributed by atoms with Crippen LogP contribution in [0.2, 0.25) is 0 Å². The van der Waals surface area contributed by atoms with E-state index in [1.165, 1.54) is 102 Å². The Kier molecular flexibility index (Phi) is 13.5. The van der Waals surface area contributed by atoms with Gasteiger partial charge in [0, 0.05) is 13.1 Å². The molecule has 2 aliphatic heterocycles. The van der Waals surface area contributed by atoms with Gasteiger partial charge in [0.2, 0.25) is 0 Å². The van der Waals surface area contributed by atoms with E-state index in [2.05, 4.69) is 68.6 Å². The number of nitrogens with one attached hydrogen (secondary N) is 2. The van der Waals surface area contributed by atoms with E-state index < -0.39 is 0 Å². The summed E-state index contributed by atoms with van der Waals surface area (Å²) >= 11 is 0. The smallest absolute Gasteiger partial charge is 0.0233 e. The molecule has 0 aromatic heterocycles. The molecule has 1 aromatic rings. The molecule has 2 aliphatic rings. The van der Waals surface area contributed by atoms with Crippen LogP contribution in [0.1, 0.15) is 49.7 Å². The van der Waals surface area contributed by atoms with Crippen LogP contribution in [-0.4, -0.2) is 112 Å². The summed E-state index contributed by atoms with van der Waals surface area (Å²) in [5, 5.41) is 7.23. The highest BCUT2D eigenvalue weighted by Crippen LogP contribution is 2.12. The summed E-state index contributed by atoms with van der Waals surface area (Å²) in [5.74, 6) is 0. The van der Waals surface area contributed by atoms with E-state index in [1.807, 2.05) is 0 Å². The van der Waals surface area contributed by atoms with Crippen LogP contribution in [-0.2, 0) is 13.1 Å². The maximum Gasteiger partial charge on any atom is 0.0233 e. The van der Waals surface area contributed by atoms with Crippen molar-refractivity contribution in [2.75, 3.05) is 92.6 Å². The standard InChI is InChI=1S/C28H52N6/c1-31-17-3-13-29-15-5-21-33(23-7-19-31)25-27-9-11-28(12-10-27)26-34-22-6-16-30-14-4-18-32(2)20-8-24-34/h9-12,29-30H,3-8,13-26H2,1-2H3. The van der Waals surface area contributed by atoms with Gasteiger partial charge in [-0.05, 0) is 142 Å². The Bertz CT molecular complexity index is 581. The molecular weight excluding hydrogens is 420 g/mol. The van der Waals surface area contributed by atoms with Gasteiger partial charge >= 0.3 is 0 Å². The quantitative estimate of drug-likeness (QED) is 0.702. The van der Waals surface area contributed by atoms with Gasteiger partial charge in [0.05, 0.1) is 0 Å². The normalized spacial score (nSPS) is 23.4. The van der Waals surface area contributed by atoms with Gasteiger partial charge in [0.25, 0.3) is 0 Å². The fraction of sp³-hybridized carbons (Fsp3) is 0.786. The summed E-state index contributed by atoms with van der Waals surface area (Å²) in [6.45, 7) is 16.3. The van der Waals surface area contributed by atoms with Crippen molar-refractivity contribution in [3.8, 4) is 0 Å². The van der Waals surface area contributed by atoms with Crippen LogP contribution in [0.15, 0.2) is 24.3 Å². The van der Waals surface area contributed by atoms with E-state index in [-0.39, 0.29) is 0 Å². The van der Waals surface area contributed by atoms with Gasteiger partial charge in [-0.15, -0.1) is 0 Å². The Balaban J connectivity index is 1.48. The molecule has 0 unspecified atom stereocenters. The summed E-state index contributed by atoms with van der Waals surface area (Å²) in [7, 11) is 4.53. The van der Waals surface area contributed by atoms with Crippen LogP contribution in [0.4, 0.5) is 0 Å². The lowest BCUT2D eigenvalue weighted by Gasteiger charge is -2.26. The third kappa shape index (κ3) is 11.6. The Morgan fingerprint density at radius 1 is 0.500 bits per heavy atom. The molecule has 194 valence electrons. The third-order valence-corrected chi connectivity index (χ3v) is 7.31. The predicted octanol–water partition coefficient (Wildman–Crippen LogP) is 2.70. The van der Waals surface area contributed by atoms with Gasteiger partial charge in [-0.3, -0.25) is 9.80 Å². The van der Waals surface area contributed by atoms with Gasteiger partial charge in [-0.25, -0.2) is 0 Å². The first kappa shape index (κ1) is 27.6. The molecule has 1 aromatic carbocycles. The molecule has 0 spiro atoms. The fourth-order valence-electron chi connectivity index (χ4n) is 5.21. The predicted molar refractivity (Wildman–Crippen MR) is 145 cm³/mol. The van der Waals surface area contributed by atoms with Crippen molar-refractivity contribution in [2.45, 2.75) is 51.6 Å². The van der Waals surface area contributed by atoms with Gasteiger partial charge in [-0.1, -0.05) is 24.3 Å². The zero-order valence-corrected chi connectivity index (χ0v) is 22.2. The molecular formula is C28H52N6. The lowest BCUT2D eigenvalue weighted by molar-refractivity contribution is 0.228. The highest BCUT2D eigenvalue weighted by Gasteiger charge is 2.11. The number of hydrogen-bond acceptors (Lipinski definition) is 6. The first-order chi connectivity index (χ1) is 16.7. The van der Waals surface area contributed by atoms with E-state index in [4.69, 9.17) is 0 Å². The van der Waals surface area contributed by atoms with Crippen LogP contribution in [0.25, 0.3) is 0 Å². The SMILES string of the molecule is CN1CCCNCCCN(Cc2ccc(CN3CCCNCCCN(C)CCC3)cc2)CCC1. The van der Waals surface area contributed by atoms with Crippen LogP contribution < -0.4 is 10.6 Å². The molecule has 2 fully saturated rings. The average Bonchev–Trinajstić information content (AvgIpc) is 2.81. The van der Waals surface area contributed by atoms with Crippen molar-refractivity contribution in [3.63, 3.8) is 0 Å². The second-order valence-corrected chi connectivity index (χ2v) is 10.6. The summed E-state index contributed by atoms with van der Waals surface area (Å²) in [6.07, 6.45) is 7.54. The monoisotopic (exact) mass is 472 g/mol. The maximum atomic E-state index is 3.61. The van der Waals surface area contributed by atoms with E-state index in [1.54, 1.807) is 0 Å². The lowest BCUT2D eigenvalue weighted by Crippen LogP contribution is -2.33. The molecule has 0 radical (unpaired) electrons. The Labute approximate surface area is 210 Å². The number of nitrogens with zero attached hydrogens (tertiary/aromatic N) is 4. The van der Waals surface area contributed by atoms with Gasteiger partial charge in [0.15, 0.2) is 0 Å². The minimum atomic E-state index is 1.08. The summed E-state index contributed by atoms with van der Waals surface area (Å²) in [5.41, 5.74) is 2.91. The van der Waals surface area contributed by atoms with Crippen LogP contribution >= 0.6 is 0 Å². The number of hydrogen-bond donors (Lipinski definition) is 2. The van der Waals surface area contributed by atoms with E-state index in [9.17, 15) is 0 Å². The van der Waals surface area contributed by atoms with Crippen LogP contribution in [0.3, 0.4) is 0 Å². The Hall–Kier alpha value is -1.02. The molecule has 2 N–H and O–H groups in total. The van der Waals surface area contributed by atoms with Crippen molar-refractivity contribution in [3.05, 3.63) is 35.4 Å². The number of benzene rings is 1. The molecule has 2 heterocycles. The molecule has 2 saturated heterocycles. The first-order valence-electron chi connectivity index (χ1n) is 14.0. The van der Waals surface area contributed by atoms with E-state index in [0.29, 0.717) is 0 Å². The van der Waals surface area contributed by atoms with Crippen LogP contribution in [0.5, 0.6) is 0 Å². The Morgan fingerprint density at radius 2 is 0.824 bits per heavy atom. The average molecular weight is 473 g/mol. The van der Waals surface area contributed by atoms with Gasteiger partial charge in [0.1, 0.15) is 0 Å². The number of rotatable bonds is 4. The van der Waals surface area contributed by atoms with Crippen molar-refractivity contribution < 1.29 is 0 Å². The zero-order chi connectivity index (χ0) is 23.8. The molecule has 6 nitrogen and oxygen atoms in total. The molecule has 3 rings (SSSR count). The third-order valence-electron chi connectivity index (χ3n) is 7.31. The highest BCUT2D eigenvalue weighted by atomic mass is 15.1. The largest absolute Gasteiger partial charge is 0.317 e. The topological polar surface area (TPSA) is 37.0 Å². The van der Waals surface area contributed by atoms with E-state index in [0.717, 1.165) is 39.3 Å². The van der Waals surface area contributed by atoms with Crippen molar-refractivity contribution in [2.24, 2.45) is 0 Å². The van der Waals surface area contributed by atoms with Crippen molar-refractivity contribution in [1.82, 2.24) is 30.2 Å². The maximum absolute atomic E-state index is 3.61. The highest BCUT2D eigenvalue weighted by molar-refractivity contribution is 5.22. The summed E-state index contributed by atoms with van der Waals surface area (Å²) < 4.78 is 0. The van der Waals surface area contributed by atoms with Gasteiger partial charge in [-0.2, -0.15) is 0 Å². The lowest BCUT2D eigenvalue weighted by atomic mass is 10.1. The van der Waals surface area contributed by atoms with Crippen molar-refractivity contribution >= 4 is 0 Å². The molecule has 0 aliphatic carbocycles. The van der Waals surface area contributed by atoms with Gasteiger partial charge < -0.3 is 20.4 Å². The summed E-state index contributed by atoms with van der Waals surface area (Å²) in [4.78, 5) is 10.3. The first-order valence-corrected chi connectivity index (χ1v) is 14.0. The minimum Gasteiger partial charge on any atom is -0.317 e. The van der Waals surface area contributed by atoms with Crippen LogP contribution in [0, 0.1) is 0 Å². The molecule has 6 heteroatoms. The molecule has 0 bridgehead atoms. The second kappa shape index (κ2) is 16.6. The zero-order valence-electron chi connectivity index (χ0n) is 22.2. The molecule has 0 saturated carbocycles. The fourth-order valence-corrected chi connectivity index (χ4v) is 5.21. The Morgan fingerprint density at radius 3 is 1.24 bits per heavy atom.